The number of carbonyl (C=O) groups excluding carboxylic acids is 1. The van der Waals surface area contributed by atoms with Crippen LogP contribution in [-0.4, -0.2) is 20.5 Å². The molecule has 6 heteroatoms. The van der Waals surface area contributed by atoms with Crippen LogP contribution in [0.2, 0.25) is 0 Å². The fourth-order valence-corrected chi connectivity index (χ4v) is 2.24. The Hall–Kier alpha value is -3.20. The van der Waals surface area contributed by atoms with Crippen molar-refractivity contribution in [2.24, 2.45) is 7.05 Å². The van der Waals surface area contributed by atoms with Crippen LogP contribution in [0, 0.1) is 11.3 Å². The van der Waals surface area contributed by atoms with Crippen molar-refractivity contribution < 1.29 is 9.21 Å². The molecule has 3 aromatic rings. The highest BCUT2D eigenvalue weighted by Gasteiger charge is 2.28. The third-order valence-corrected chi connectivity index (χ3v) is 3.40. The number of aromatic nitrogens is 3. The van der Waals surface area contributed by atoms with Crippen molar-refractivity contribution in [3.8, 4) is 17.5 Å². The molecular weight excluding hydrogens is 280 g/mol. The second-order valence-corrected chi connectivity index (χ2v) is 4.75. The molecule has 0 aliphatic heterocycles. The number of furan rings is 1. The topological polar surface area (TPSA) is 84.7 Å². The molecule has 0 N–H and O–H groups in total. The summed E-state index contributed by atoms with van der Waals surface area (Å²) in [7, 11) is 1.74. The summed E-state index contributed by atoms with van der Waals surface area (Å²) in [5.74, 6) is -0.456. The molecule has 0 saturated heterocycles. The molecule has 0 unspecified atom stereocenters. The van der Waals surface area contributed by atoms with Crippen molar-refractivity contribution in [2.45, 2.75) is 5.92 Å². The molecule has 0 aliphatic carbocycles. The maximum Gasteiger partial charge on any atom is 0.190 e. The minimum absolute atomic E-state index is 0.313. The molecule has 22 heavy (non-hydrogen) atoms. The average molecular weight is 292 g/mol. The first-order valence-electron chi connectivity index (χ1n) is 6.63. The molecule has 2 heterocycles. The summed E-state index contributed by atoms with van der Waals surface area (Å²) in [6.45, 7) is 0. The monoisotopic (exact) mass is 292 g/mol. The lowest BCUT2D eigenvalue weighted by Crippen LogP contribution is -2.15. The number of carbonyl (C=O) groups is 1. The smallest absolute Gasteiger partial charge is 0.190 e. The Bertz CT molecular complexity index is 829. The maximum atomic E-state index is 12.4. The molecular formula is C16H12N4O2. The highest BCUT2D eigenvalue weighted by molar-refractivity contribution is 6.02. The van der Waals surface area contributed by atoms with Gasteiger partial charge in [-0.25, -0.2) is 0 Å². The quantitative estimate of drug-likeness (QED) is 0.690. The van der Waals surface area contributed by atoms with Crippen molar-refractivity contribution >= 4 is 5.78 Å². The maximum absolute atomic E-state index is 12.4. The van der Waals surface area contributed by atoms with Crippen LogP contribution >= 0.6 is 0 Å². The van der Waals surface area contributed by atoms with Crippen LogP contribution in [-0.2, 0) is 7.05 Å². The van der Waals surface area contributed by atoms with Crippen LogP contribution in [0.3, 0.4) is 0 Å². The van der Waals surface area contributed by atoms with Gasteiger partial charge in [0.1, 0.15) is 6.26 Å². The Morgan fingerprint density at radius 2 is 2.05 bits per heavy atom. The molecule has 6 nitrogen and oxygen atoms in total. The second kappa shape index (κ2) is 5.66. The number of hydrogen-bond donors (Lipinski definition) is 0. The number of hydrogen-bond acceptors (Lipinski definition) is 5. The third kappa shape index (κ3) is 2.29. The molecule has 1 atom stereocenters. The van der Waals surface area contributed by atoms with E-state index in [1.54, 1.807) is 11.6 Å². The zero-order valence-electron chi connectivity index (χ0n) is 11.8. The fourth-order valence-electron chi connectivity index (χ4n) is 2.24. The molecule has 1 aromatic carbocycles. The minimum Gasteiger partial charge on any atom is -0.472 e. The van der Waals surface area contributed by atoms with Crippen LogP contribution in [0.1, 0.15) is 22.1 Å². The summed E-state index contributed by atoms with van der Waals surface area (Å²) in [5, 5.41) is 17.5. The van der Waals surface area contributed by atoms with Gasteiger partial charge >= 0.3 is 0 Å². The molecule has 3 rings (SSSR count). The van der Waals surface area contributed by atoms with Crippen LogP contribution in [0.4, 0.5) is 0 Å². The van der Waals surface area contributed by atoms with Crippen molar-refractivity contribution in [2.75, 3.05) is 0 Å². The van der Waals surface area contributed by atoms with Gasteiger partial charge in [0.2, 0.25) is 0 Å². The normalized spacial score (nSPS) is 11.8. The van der Waals surface area contributed by atoms with Crippen molar-refractivity contribution in [1.82, 2.24) is 14.8 Å². The Labute approximate surface area is 126 Å². The van der Waals surface area contributed by atoms with Gasteiger partial charge in [-0.1, -0.05) is 30.3 Å². The fraction of sp³-hybridized carbons (Fsp3) is 0.125. The minimum atomic E-state index is -1.02. The standard InChI is InChI=1S/C16H12N4O2/c1-20-15(11-5-3-2-4-6-11)18-19-16(20)13(9-17)14(21)12-7-8-22-10-12/h2-8,10,13H,1H3/t13-/m1/s1. The summed E-state index contributed by atoms with van der Waals surface area (Å²) in [6, 6.07) is 13.0. The third-order valence-electron chi connectivity index (χ3n) is 3.40. The second-order valence-electron chi connectivity index (χ2n) is 4.75. The van der Waals surface area contributed by atoms with Crippen LogP contribution < -0.4 is 0 Å². The highest BCUT2D eigenvalue weighted by Crippen LogP contribution is 2.23. The average Bonchev–Trinajstić information content (AvgIpc) is 3.20. The van der Waals surface area contributed by atoms with E-state index in [1.165, 1.54) is 18.6 Å². The first-order chi connectivity index (χ1) is 10.7. The van der Waals surface area contributed by atoms with E-state index in [0.29, 0.717) is 17.2 Å². The van der Waals surface area contributed by atoms with Gasteiger partial charge in [0.15, 0.2) is 23.3 Å². The van der Waals surface area contributed by atoms with Gasteiger partial charge in [-0.3, -0.25) is 4.79 Å². The first kappa shape index (κ1) is 13.8. The van der Waals surface area contributed by atoms with E-state index in [0.717, 1.165) is 5.56 Å². The molecule has 0 amide bonds. The number of nitriles is 1. The highest BCUT2D eigenvalue weighted by atomic mass is 16.3. The lowest BCUT2D eigenvalue weighted by molar-refractivity contribution is 0.0974. The molecule has 0 bridgehead atoms. The Morgan fingerprint density at radius 1 is 1.27 bits per heavy atom. The van der Waals surface area contributed by atoms with E-state index in [1.807, 2.05) is 36.4 Å². The number of ketones is 1. The number of rotatable bonds is 4. The molecule has 0 saturated carbocycles. The zero-order valence-corrected chi connectivity index (χ0v) is 11.8. The van der Waals surface area contributed by atoms with Crippen molar-refractivity contribution in [1.29, 1.82) is 5.26 Å². The van der Waals surface area contributed by atoms with E-state index >= 15 is 0 Å². The summed E-state index contributed by atoms with van der Waals surface area (Å²) >= 11 is 0. The lowest BCUT2D eigenvalue weighted by Gasteiger charge is -2.07. The van der Waals surface area contributed by atoms with E-state index in [4.69, 9.17) is 4.42 Å². The Morgan fingerprint density at radius 3 is 2.68 bits per heavy atom. The number of benzene rings is 1. The van der Waals surface area contributed by atoms with Gasteiger partial charge in [-0.05, 0) is 6.07 Å². The Kier molecular flexibility index (Phi) is 3.54. The molecule has 0 radical (unpaired) electrons. The van der Waals surface area contributed by atoms with E-state index in [2.05, 4.69) is 10.2 Å². The Balaban J connectivity index is 2.00. The SMILES string of the molecule is Cn1c(-c2ccccc2)nnc1[C@H](C#N)C(=O)c1ccoc1. The van der Waals surface area contributed by atoms with Gasteiger partial charge in [-0.15, -0.1) is 10.2 Å². The van der Waals surface area contributed by atoms with Crippen molar-refractivity contribution in [3.63, 3.8) is 0 Å². The molecule has 108 valence electrons. The molecule has 0 spiro atoms. The first-order valence-corrected chi connectivity index (χ1v) is 6.63. The van der Waals surface area contributed by atoms with Gasteiger partial charge in [0.25, 0.3) is 0 Å². The summed E-state index contributed by atoms with van der Waals surface area (Å²) in [6.07, 6.45) is 2.72. The lowest BCUT2D eigenvalue weighted by atomic mass is 10.0. The predicted molar refractivity (Wildman–Crippen MR) is 77.8 cm³/mol. The van der Waals surface area contributed by atoms with Crippen molar-refractivity contribution in [3.05, 3.63) is 60.3 Å². The van der Waals surface area contributed by atoms with Crippen LogP contribution in [0.15, 0.2) is 53.3 Å². The summed E-state index contributed by atoms with van der Waals surface area (Å²) in [5.41, 5.74) is 1.21. The van der Waals surface area contributed by atoms with Gasteiger partial charge in [0.05, 0.1) is 17.9 Å². The number of Topliss-reactive ketones (excluding diaryl/α,β-unsaturated/α-hetero) is 1. The summed E-state index contributed by atoms with van der Waals surface area (Å²) in [4.78, 5) is 12.4. The van der Waals surface area contributed by atoms with Gasteiger partial charge in [-0.2, -0.15) is 5.26 Å². The molecule has 0 aliphatic rings. The molecule has 2 aromatic heterocycles. The number of nitrogens with zero attached hydrogens (tertiary/aromatic N) is 4. The van der Waals surface area contributed by atoms with Gasteiger partial charge < -0.3 is 8.98 Å². The van der Waals surface area contributed by atoms with Gasteiger partial charge in [0, 0.05) is 12.6 Å². The largest absolute Gasteiger partial charge is 0.472 e. The predicted octanol–water partition coefficient (Wildman–Crippen LogP) is 2.57. The van der Waals surface area contributed by atoms with Crippen LogP contribution in [0.25, 0.3) is 11.4 Å². The summed E-state index contributed by atoms with van der Waals surface area (Å²) < 4.78 is 6.57. The van der Waals surface area contributed by atoms with E-state index < -0.39 is 5.92 Å². The van der Waals surface area contributed by atoms with Crippen LogP contribution in [0.5, 0.6) is 0 Å². The van der Waals surface area contributed by atoms with E-state index in [9.17, 15) is 10.1 Å². The molecule has 0 fully saturated rings. The van der Waals surface area contributed by atoms with E-state index in [-0.39, 0.29) is 5.78 Å². The zero-order chi connectivity index (χ0) is 15.5.